The fourth-order valence-electron chi connectivity index (χ4n) is 1.58. The van der Waals surface area contributed by atoms with Crippen LogP contribution in [0.15, 0.2) is 24.3 Å². The molecule has 3 nitrogen and oxygen atoms in total. The van der Waals surface area contributed by atoms with Crippen LogP contribution >= 0.6 is 0 Å². The van der Waals surface area contributed by atoms with Crippen LogP contribution in [-0.4, -0.2) is 31.7 Å². The third kappa shape index (κ3) is 4.32. The van der Waals surface area contributed by atoms with Gasteiger partial charge in [-0.2, -0.15) is 0 Å². The molecule has 0 saturated heterocycles. The van der Waals surface area contributed by atoms with E-state index in [4.69, 9.17) is 10.5 Å². The van der Waals surface area contributed by atoms with Gasteiger partial charge in [-0.3, -0.25) is 4.90 Å². The SMILES string of the molecule is COC(C)CN(C)Cc1cccc(N)c1. The Labute approximate surface area is 91.8 Å². The lowest BCUT2D eigenvalue weighted by Gasteiger charge is -2.20. The van der Waals surface area contributed by atoms with Crippen molar-refractivity contribution < 1.29 is 4.74 Å². The molecule has 0 aliphatic rings. The fraction of sp³-hybridized carbons (Fsp3) is 0.500. The van der Waals surface area contributed by atoms with Crippen LogP contribution in [0.2, 0.25) is 0 Å². The number of likely N-dealkylation sites (N-methyl/N-ethyl adjacent to an activating group) is 1. The monoisotopic (exact) mass is 208 g/mol. The van der Waals surface area contributed by atoms with Gasteiger partial charge in [0, 0.05) is 25.9 Å². The van der Waals surface area contributed by atoms with Gasteiger partial charge in [-0.1, -0.05) is 12.1 Å². The van der Waals surface area contributed by atoms with E-state index in [1.165, 1.54) is 5.56 Å². The van der Waals surface area contributed by atoms with Crippen LogP contribution in [0.25, 0.3) is 0 Å². The Hall–Kier alpha value is -1.06. The molecular formula is C12H20N2O. The Morgan fingerprint density at radius 3 is 2.80 bits per heavy atom. The highest BCUT2D eigenvalue weighted by Gasteiger charge is 2.05. The summed E-state index contributed by atoms with van der Waals surface area (Å²) in [6.45, 7) is 3.89. The van der Waals surface area contributed by atoms with Crippen molar-refractivity contribution in [2.24, 2.45) is 0 Å². The number of rotatable bonds is 5. The molecule has 1 unspecified atom stereocenters. The van der Waals surface area contributed by atoms with Crippen LogP contribution in [0, 0.1) is 0 Å². The van der Waals surface area contributed by atoms with Gasteiger partial charge in [0.25, 0.3) is 0 Å². The second-order valence-corrected chi connectivity index (χ2v) is 3.99. The fourth-order valence-corrected chi connectivity index (χ4v) is 1.58. The molecule has 0 saturated carbocycles. The Balaban J connectivity index is 2.47. The zero-order chi connectivity index (χ0) is 11.3. The van der Waals surface area contributed by atoms with Crippen LogP contribution in [0.3, 0.4) is 0 Å². The molecule has 0 aliphatic heterocycles. The lowest BCUT2D eigenvalue weighted by molar-refractivity contribution is 0.0837. The Morgan fingerprint density at radius 2 is 2.20 bits per heavy atom. The predicted molar refractivity (Wildman–Crippen MR) is 63.7 cm³/mol. The van der Waals surface area contributed by atoms with Crippen molar-refractivity contribution in [3.05, 3.63) is 29.8 Å². The number of nitrogens with zero attached hydrogens (tertiary/aromatic N) is 1. The summed E-state index contributed by atoms with van der Waals surface area (Å²) in [4.78, 5) is 2.23. The standard InChI is InChI=1S/C12H20N2O/c1-10(15-3)8-14(2)9-11-5-4-6-12(13)7-11/h4-7,10H,8-9,13H2,1-3H3. The average Bonchev–Trinajstić information content (AvgIpc) is 2.17. The van der Waals surface area contributed by atoms with E-state index in [1.54, 1.807) is 7.11 Å². The summed E-state index contributed by atoms with van der Waals surface area (Å²) in [5, 5.41) is 0. The molecule has 1 aromatic rings. The molecule has 0 aliphatic carbocycles. The third-order valence-electron chi connectivity index (χ3n) is 2.37. The molecule has 0 spiro atoms. The first kappa shape index (κ1) is 12.0. The molecule has 0 fully saturated rings. The third-order valence-corrected chi connectivity index (χ3v) is 2.37. The number of anilines is 1. The second kappa shape index (κ2) is 5.73. The number of methoxy groups -OCH3 is 1. The first-order valence-corrected chi connectivity index (χ1v) is 5.17. The zero-order valence-corrected chi connectivity index (χ0v) is 9.73. The van der Waals surface area contributed by atoms with Gasteiger partial charge in [0.15, 0.2) is 0 Å². The molecule has 15 heavy (non-hydrogen) atoms. The van der Waals surface area contributed by atoms with Crippen molar-refractivity contribution in [3.8, 4) is 0 Å². The summed E-state index contributed by atoms with van der Waals surface area (Å²) in [6, 6.07) is 7.98. The van der Waals surface area contributed by atoms with Crippen LogP contribution in [0.4, 0.5) is 5.69 Å². The minimum absolute atomic E-state index is 0.260. The molecule has 1 rings (SSSR count). The first-order chi connectivity index (χ1) is 7.11. The van der Waals surface area contributed by atoms with E-state index in [0.29, 0.717) is 0 Å². The minimum Gasteiger partial charge on any atom is -0.399 e. The van der Waals surface area contributed by atoms with Crippen molar-refractivity contribution in [1.29, 1.82) is 0 Å². The van der Waals surface area contributed by atoms with E-state index in [2.05, 4.69) is 24.9 Å². The van der Waals surface area contributed by atoms with Gasteiger partial charge in [0.2, 0.25) is 0 Å². The summed E-state index contributed by atoms with van der Waals surface area (Å²) in [6.07, 6.45) is 0.260. The van der Waals surface area contributed by atoms with Gasteiger partial charge in [0.1, 0.15) is 0 Å². The maximum atomic E-state index is 5.72. The van der Waals surface area contributed by atoms with Gasteiger partial charge in [0.05, 0.1) is 6.10 Å². The minimum atomic E-state index is 0.260. The lowest BCUT2D eigenvalue weighted by Crippen LogP contribution is -2.28. The molecule has 0 radical (unpaired) electrons. The number of nitrogen functional groups attached to an aromatic ring is 1. The predicted octanol–water partition coefficient (Wildman–Crippen LogP) is 1.74. The molecular weight excluding hydrogens is 188 g/mol. The summed E-state index contributed by atoms with van der Waals surface area (Å²) in [5.74, 6) is 0. The highest BCUT2D eigenvalue weighted by atomic mass is 16.5. The Bertz CT molecular complexity index is 301. The van der Waals surface area contributed by atoms with Crippen molar-refractivity contribution in [2.45, 2.75) is 19.6 Å². The van der Waals surface area contributed by atoms with E-state index in [1.807, 2.05) is 18.2 Å². The summed E-state index contributed by atoms with van der Waals surface area (Å²) in [7, 11) is 3.82. The molecule has 1 aromatic carbocycles. The van der Waals surface area contributed by atoms with E-state index >= 15 is 0 Å². The normalized spacial score (nSPS) is 13.1. The van der Waals surface area contributed by atoms with Gasteiger partial charge < -0.3 is 10.5 Å². The summed E-state index contributed by atoms with van der Waals surface area (Å²) in [5.41, 5.74) is 7.78. The van der Waals surface area contributed by atoms with Crippen molar-refractivity contribution in [2.75, 3.05) is 26.4 Å². The molecule has 3 heteroatoms. The van der Waals surface area contributed by atoms with Crippen molar-refractivity contribution in [3.63, 3.8) is 0 Å². The van der Waals surface area contributed by atoms with Gasteiger partial charge in [-0.15, -0.1) is 0 Å². The van der Waals surface area contributed by atoms with E-state index < -0.39 is 0 Å². The molecule has 0 heterocycles. The number of nitrogens with two attached hydrogens (primary N) is 1. The average molecular weight is 208 g/mol. The molecule has 0 aromatic heterocycles. The largest absolute Gasteiger partial charge is 0.399 e. The Morgan fingerprint density at radius 1 is 1.47 bits per heavy atom. The van der Waals surface area contributed by atoms with Crippen LogP contribution in [0.1, 0.15) is 12.5 Å². The van der Waals surface area contributed by atoms with Gasteiger partial charge in [-0.05, 0) is 31.7 Å². The molecule has 2 N–H and O–H groups in total. The van der Waals surface area contributed by atoms with Crippen LogP contribution < -0.4 is 5.73 Å². The molecule has 84 valence electrons. The topological polar surface area (TPSA) is 38.5 Å². The quantitative estimate of drug-likeness (QED) is 0.749. The van der Waals surface area contributed by atoms with Gasteiger partial charge in [-0.25, -0.2) is 0 Å². The first-order valence-electron chi connectivity index (χ1n) is 5.17. The summed E-state index contributed by atoms with van der Waals surface area (Å²) < 4.78 is 5.22. The zero-order valence-electron chi connectivity index (χ0n) is 9.73. The van der Waals surface area contributed by atoms with Crippen molar-refractivity contribution in [1.82, 2.24) is 4.90 Å². The van der Waals surface area contributed by atoms with Gasteiger partial charge >= 0.3 is 0 Å². The highest BCUT2D eigenvalue weighted by Crippen LogP contribution is 2.09. The summed E-state index contributed by atoms with van der Waals surface area (Å²) >= 11 is 0. The van der Waals surface area contributed by atoms with Crippen LogP contribution in [0.5, 0.6) is 0 Å². The molecule has 1 atom stereocenters. The van der Waals surface area contributed by atoms with E-state index in [0.717, 1.165) is 18.8 Å². The van der Waals surface area contributed by atoms with E-state index in [-0.39, 0.29) is 6.10 Å². The number of hydrogen-bond donors (Lipinski definition) is 1. The molecule has 0 amide bonds. The number of ether oxygens (including phenoxy) is 1. The van der Waals surface area contributed by atoms with Crippen LogP contribution in [-0.2, 0) is 11.3 Å². The van der Waals surface area contributed by atoms with E-state index in [9.17, 15) is 0 Å². The molecule has 0 bridgehead atoms. The second-order valence-electron chi connectivity index (χ2n) is 3.99. The Kier molecular flexibility index (Phi) is 4.59. The smallest absolute Gasteiger partial charge is 0.0670 e. The number of hydrogen-bond acceptors (Lipinski definition) is 3. The maximum Gasteiger partial charge on any atom is 0.0670 e. The highest BCUT2D eigenvalue weighted by molar-refractivity contribution is 5.40. The number of benzene rings is 1. The van der Waals surface area contributed by atoms with Crippen molar-refractivity contribution >= 4 is 5.69 Å². The lowest BCUT2D eigenvalue weighted by atomic mass is 10.2. The maximum absolute atomic E-state index is 5.72.